The van der Waals surface area contributed by atoms with Gasteiger partial charge in [-0.3, -0.25) is 9.69 Å². The maximum absolute atomic E-state index is 12.4. The molecule has 0 aliphatic carbocycles. The normalized spacial score (nSPS) is 10.9. The molecule has 6 heteroatoms. The van der Waals surface area contributed by atoms with Gasteiger partial charge in [-0.1, -0.05) is 12.1 Å². The Kier molecular flexibility index (Phi) is 5.71. The summed E-state index contributed by atoms with van der Waals surface area (Å²) in [6.45, 7) is 1.31. The second kappa shape index (κ2) is 8.16. The van der Waals surface area contributed by atoms with Gasteiger partial charge in [-0.2, -0.15) is 0 Å². The topological polar surface area (TPSA) is 58.6 Å². The first-order valence-electron chi connectivity index (χ1n) is 7.52. The molecule has 2 heterocycles. The fourth-order valence-corrected chi connectivity index (χ4v) is 2.89. The maximum Gasteiger partial charge on any atom is 0.238 e. The van der Waals surface area contributed by atoms with E-state index in [2.05, 4.69) is 27.9 Å². The Morgan fingerprint density at radius 1 is 0.958 bits per heavy atom. The summed E-state index contributed by atoms with van der Waals surface area (Å²) in [6.07, 6.45) is 3.26. The lowest BCUT2D eigenvalue weighted by Crippen LogP contribution is -2.32. The molecule has 0 saturated heterocycles. The maximum atomic E-state index is 12.4. The number of carbonyl (C=O) groups excluding carboxylic acids is 1. The summed E-state index contributed by atoms with van der Waals surface area (Å²) in [5, 5.41) is 2.95. The fourth-order valence-electron chi connectivity index (χ4n) is 2.37. The van der Waals surface area contributed by atoms with Gasteiger partial charge < -0.3 is 14.2 Å². The summed E-state index contributed by atoms with van der Waals surface area (Å²) < 4.78 is 11.8. The van der Waals surface area contributed by atoms with Crippen molar-refractivity contribution < 1.29 is 13.6 Å². The van der Waals surface area contributed by atoms with E-state index in [0.29, 0.717) is 13.1 Å². The van der Waals surface area contributed by atoms with Gasteiger partial charge in [-0.15, -0.1) is 0 Å². The van der Waals surface area contributed by atoms with Crippen LogP contribution in [0.2, 0.25) is 0 Å². The first-order chi connectivity index (χ1) is 11.7. The standard InChI is InChI=1S/C18H17IN2O3/c19-16-7-1-2-8-17(16)20-18(22)13-21(11-14-5-3-9-23-14)12-15-6-4-10-24-15/h1-10H,11-13H2,(H,20,22). The highest BCUT2D eigenvalue weighted by Crippen LogP contribution is 2.17. The van der Waals surface area contributed by atoms with E-state index in [0.717, 1.165) is 20.8 Å². The minimum absolute atomic E-state index is 0.0720. The number of amides is 1. The lowest BCUT2D eigenvalue weighted by atomic mass is 10.3. The number of furan rings is 2. The monoisotopic (exact) mass is 436 g/mol. The van der Waals surface area contributed by atoms with Crippen LogP contribution in [-0.4, -0.2) is 17.4 Å². The van der Waals surface area contributed by atoms with Crippen molar-refractivity contribution in [1.82, 2.24) is 4.90 Å². The van der Waals surface area contributed by atoms with E-state index in [-0.39, 0.29) is 12.5 Å². The molecule has 2 aromatic heterocycles. The third-order valence-corrected chi connectivity index (χ3v) is 4.37. The van der Waals surface area contributed by atoms with Crippen LogP contribution < -0.4 is 5.32 Å². The van der Waals surface area contributed by atoms with Gasteiger partial charge in [0, 0.05) is 3.57 Å². The molecule has 0 fully saturated rings. The van der Waals surface area contributed by atoms with Crippen molar-refractivity contribution in [3.05, 3.63) is 76.1 Å². The van der Waals surface area contributed by atoms with E-state index in [1.807, 2.05) is 53.4 Å². The number of nitrogens with one attached hydrogen (secondary N) is 1. The van der Waals surface area contributed by atoms with Gasteiger partial charge in [0.25, 0.3) is 0 Å². The van der Waals surface area contributed by atoms with Gasteiger partial charge in [0.05, 0.1) is 37.8 Å². The number of carbonyl (C=O) groups is 1. The van der Waals surface area contributed by atoms with Gasteiger partial charge >= 0.3 is 0 Å². The summed E-state index contributed by atoms with van der Waals surface area (Å²) in [5.74, 6) is 1.55. The molecule has 0 saturated carbocycles. The van der Waals surface area contributed by atoms with Crippen LogP contribution in [0.15, 0.2) is 69.9 Å². The smallest absolute Gasteiger partial charge is 0.238 e. The highest BCUT2D eigenvalue weighted by molar-refractivity contribution is 14.1. The van der Waals surface area contributed by atoms with Crippen molar-refractivity contribution in [3.8, 4) is 0 Å². The van der Waals surface area contributed by atoms with E-state index in [1.165, 1.54) is 0 Å². The van der Waals surface area contributed by atoms with Gasteiger partial charge in [0.15, 0.2) is 0 Å². The Balaban J connectivity index is 1.66. The molecule has 0 aliphatic heterocycles. The number of halogens is 1. The van der Waals surface area contributed by atoms with E-state index in [9.17, 15) is 4.79 Å². The summed E-state index contributed by atoms with van der Waals surface area (Å²) in [4.78, 5) is 14.4. The molecule has 0 aliphatic rings. The molecule has 0 bridgehead atoms. The molecule has 1 N–H and O–H groups in total. The number of hydrogen-bond donors (Lipinski definition) is 1. The molecule has 0 atom stereocenters. The second-order valence-corrected chi connectivity index (χ2v) is 6.49. The van der Waals surface area contributed by atoms with Crippen LogP contribution in [-0.2, 0) is 17.9 Å². The Labute approximate surface area is 153 Å². The van der Waals surface area contributed by atoms with E-state index in [4.69, 9.17) is 8.83 Å². The van der Waals surface area contributed by atoms with Crippen molar-refractivity contribution in [2.24, 2.45) is 0 Å². The molecule has 1 amide bonds. The minimum atomic E-state index is -0.0720. The molecule has 124 valence electrons. The number of anilines is 1. The van der Waals surface area contributed by atoms with Crippen LogP contribution in [0.1, 0.15) is 11.5 Å². The number of nitrogens with zero attached hydrogens (tertiary/aromatic N) is 1. The fraction of sp³-hybridized carbons (Fsp3) is 0.167. The lowest BCUT2D eigenvalue weighted by molar-refractivity contribution is -0.117. The van der Waals surface area contributed by atoms with Gasteiger partial charge in [0.1, 0.15) is 11.5 Å². The summed E-state index contributed by atoms with van der Waals surface area (Å²) in [5.41, 5.74) is 0.819. The molecule has 0 spiro atoms. The van der Waals surface area contributed by atoms with Gasteiger partial charge in [-0.05, 0) is 59.0 Å². The van der Waals surface area contributed by atoms with Crippen LogP contribution in [0.25, 0.3) is 0 Å². The third-order valence-electron chi connectivity index (χ3n) is 3.43. The van der Waals surface area contributed by atoms with Crippen LogP contribution >= 0.6 is 22.6 Å². The van der Waals surface area contributed by atoms with E-state index < -0.39 is 0 Å². The predicted octanol–water partition coefficient (Wildman–Crippen LogP) is 4.12. The molecular weight excluding hydrogens is 419 g/mol. The highest BCUT2D eigenvalue weighted by Gasteiger charge is 2.15. The highest BCUT2D eigenvalue weighted by atomic mass is 127. The third kappa shape index (κ3) is 4.72. The number of hydrogen-bond acceptors (Lipinski definition) is 4. The Morgan fingerprint density at radius 2 is 1.58 bits per heavy atom. The van der Waals surface area contributed by atoms with Crippen LogP contribution in [0.4, 0.5) is 5.69 Å². The average Bonchev–Trinajstić information content (AvgIpc) is 3.23. The molecule has 1 aromatic carbocycles. The lowest BCUT2D eigenvalue weighted by Gasteiger charge is -2.19. The van der Waals surface area contributed by atoms with Crippen molar-refractivity contribution in [1.29, 1.82) is 0 Å². The van der Waals surface area contributed by atoms with Crippen molar-refractivity contribution >= 4 is 34.2 Å². The summed E-state index contributed by atoms with van der Waals surface area (Å²) in [6, 6.07) is 15.2. The zero-order valence-corrected chi connectivity index (χ0v) is 15.1. The van der Waals surface area contributed by atoms with Gasteiger partial charge in [-0.25, -0.2) is 0 Å². The second-order valence-electron chi connectivity index (χ2n) is 5.33. The Morgan fingerprint density at radius 3 is 2.12 bits per heavy atom. The van der Waals surface area contributed by atoms with E-state index in [1.54, 1.807) is 12.5 Å². The number of benzene rings is 1. The largest absolute Gasteiger partial charge is 0.468 e. The minimum Gasteiger partial charge on any atom is -0.468 e. The molecule has 24 heavy (non-hydrogen) atoms. The average molecular weight is 436 g/mol. The molecular formula is C18H17IN2O3. The zero-order chi connectivity index (χ0) is 16.8. The predicted molar refractivity (Wildman–Crippen MR) is 99.3 cm³/mol. The molecule has 3 rings (SSSR count). The molecule has 5 nitrogen and oxygen atoms in total. The Hall–Kier alpha value is -2.06. The number of para-hydroxylation sites is 1. The zero-order valence-electron chi connectivity index (χ0n) is 12.9. The molecule has 0 radical (unpaired) electrons. The van der Waals surface area contributed by atoms with Crippen molar-refractivity contribution in [2.45, 2.75) is 13.1 Å². The molecule has 0 unspecified atom stereocenters. The van der Waals surface area contributed by atoms with Crippen LogP contribution in [0.3, 0.4) is 0 Å². The van der Waals surface area contributed by atoms with Crippen LogP contribution in [0, 0.1) is 3.57 Å². The Bertz CT molecular complexity index is 733. The SMILES string of the molecule is O=C(CN(Cc1ccco1)Cc1ccco1)Nc1ccccc1I. The first kappa shape index (κ1) is 16.8. The van der Waals surface area contributed by atoms with Crippen molar-refractivity contribution in [3.63, 3.8) is 0 Å². The van der Waals surface area contributed by atoms with Crippen LogP contribution in [0.5, 0.6) is 0 Å². The molecule has 3 aromatic rings. The summed E-state index contributed by atoms with van der Waals surface area (Å²) >= 11 is 2.20. The summed E-state index contributed by atoms with van der Waals surface area (Å²) in [7, 11) is 0. The first-order valence-corrected chi connectivity index (χ1v) is 8.60. The quantitative estimate of drug-likeness (QED) is 0.567. The van der Waals surface area contributed by atoms with Gasteiger partial charge in [0.2, 0.25) is 5.91 Å². The van der Waals surface area contributed by atoms with Crippen molar-refractivity contribution in [2.75, 3.05) is 11.9 Å². The number of rotatable bonds is 7. The van der Waals surface area contributed by atoms with E-state index >= 15 is 0 Å².